The van der Waals surface area contributed by atoms with Crippen molar-refractivity contribution in [2.75, 3.05) is 19.8 Å². The Morgan fingerprint density at radius 2 is 1.74 bits per heavy atom. The molecule has 8 heteroatoms. The lowest BCUT2D eigenvalue weighted by molar-refractivity contribution is 0.103. The minimum Gasteiger partial charge on any atom is -0.422 e. The molecule has 1 heterocycles. The van der Waals surface area contributed by atoms with Crippen LogP contribution in [-0.4, -0.2) is 42.3 Å². The summed E-state index contributed by atoms with van der Waals surface area (Å²) in [5.41, 5.74) is -0.351. The Kier molecular flexibility index (Phi) is 6.92. The second-order valence-electron chi connectivity index (χ2n) is 6.60. The van der Waals surface area contributed by atoms with Crippen LogP contribution in [-0.2, 0) is 4.84 Å². The second kappa shape index (κ2) is 9.80. The third-order valence-electron chi connectivity index (χ3n) is 4.73. The van der Waals surface area contributed by atoms with Gasteiger partial charge in [-0.2, -0.15) is 0 Å². The summed E-state index contributed by atoms with van der Waals surface area (Å²) < 4.78 is 18.8. The summed E-state index contributed by atoms with van der Waals surface area (Å²) in [6, 6.07) is 14.7. The number of alkyl halides is 1. The molecule has 3 aromatic rings. The second-order valence-corrected chi connectivity index (χ2v) is 6.60. The maximum absolute atomic E-state index is 13.5. The minimum atomic E-state index is -1.13. The summed E-state index contributed by atoms with van der Waals surface area (Å²) in [4.78, 5) is 43.1. The maximum atomic E-state index is 13.5. The molecule has 0 bridgehead atoms. The first-order valence-corrected chi connectivity index (χ1v) is 9.75. The largest absolute Gasteiger partial charge is 0.435 e. The van der Waals surface area contributed by atoms with Gasteiger partial charge in [-0.15, -0.1) is 0 Å². The summed E-state index contributed by atoms with van der Waals surface area (Å²) in [5, 5.41) is 3.99. The molecule has 0 aliphatic rings. The fourth-order valence-electron chi connectivity index (χ4n) is 2.99. The van der Waals surface area contributed by atoms with Crippen molar-refractivity contribution in [3.05, 3.63) is 81.7 Å². The standard InChI is InChI=1S/C23H21FN2O5/c1-3-26(4-2)23(29)31-25-19(14-24)18-12-16-10-11-17(13-20(16)30-22(18)28)21(27)15-8-6-5-7-9-15/h5-13H,3-4,14H2,1-2H3/b25-19+. The number of amides is 1. The van der Waals surface area contributed by atoms with Gasteiger partial charge in [0.25, 0.3) is 0 Å². The van der Waals surface area contributed by atoms with Crippen molar-refractivity contribution in [3.8, 4) is 0 Å². The van der Waals surface area contributed by atoms with Crippen LogP contribution in [0.1, 0.15) is 35.3 Å². The van der Waals surface area contributed by atoms with Gasteiger partial charge < -0.3 is 9.32 Å². The molecule has 1 aromatic heterocycles. The Morgan fingerprint density at radius 3 is 2.39 bits per heavy atom. The molecule has 160 valence electrons. The Morgan fingerprint density at radius 1 is 1.03 bits per heavy atom. The predicted molar refractivity (Wildman–Crippen MR) is 114 cm³/mol. The number of oxime groups is 1. The van der Waals surface area contributed by atoms with Gasteiger partial charge in [-0.3, -0.25) is 9.63 Å². The van der Waals surface area contributed by atoms with E-state index in [1.807, 2.05) is 0 Å². The zero-order valence-corrected chi connectivity index (χ0v) is 17.1. The van der Waals surface area contributed by atoms with Gasteiger partial charge in [0, 0.05) is 29.6 Å². The van der Waals surface area contributed by atoms with Crippen LogP contribution in [0.5, 0.6) is 0 Å². The number of benzene rings is 2. The van der Waals surface area contributed by atoms with E-state index < -0.39 is 18.4 Å². The SMILES string of the molecule is CCN(CC)C(=O)O/N=C(\CF)c1cc2ccc(C(=O)c3ccccc3)cc2oc1=O. The summed E-state index contributed by atoms with van der Waals surface area (Å²) in [7, 11) is 0. The zero-order chi connectivity index (χ0) is 22.4. The van der Waals surface area contributed by atoms with Crippen molar-refractivity contribution in [1.82, 2.24) is 4.90 Å². The van der Waals surface area contributed by atoms with Crippen molar-refractivity contribution in [1.29, 1.82) is 0 Å². The molecule has 7 nitrogen and oxygen atoms in total. The normalized spacial score (nSPS) is 11.4. The van der Waals surface area contributed by atoms with Crippen LogP contribution in [0.15, 0.2) is 69.0 Å². The van der Waals surface area contributed by atoms with E-state index in [-0.39, 0.29) is 22.6 Å². The van der Waals surface area contributed by atoms with E-state index in [2.05, 4.69) is 5.16 Å². The molecule has 0 radical (unpaired) electrons. The van der Waals surface area contributed by atoms with E-state index >= 15 is 0 Å². The van der Waals surface area contributed by atoms with E-state index in [1.54, 1.807) is 56.3 Å². The van der Waals surface area contributed by atoms with Crippen molar-refractivity contribution in [2.24, 2.45) is 5.16 Å². The van der Waals surface area contributed by atoms with Gasteiger partial charge in [-0.1, -0.05) is 47.6 Å². The van der Waals surface area contributed by atoms with Gasteiger partial charge in [-0.05, 0) is 26.0 Å². The molecule has 0 saturated carbocycles. The first-order chi connectivity index (χ1) is 15.0. The third kappa shape index (κ3) is 4.85. The number of carbonyl (C=O) groups is 2. The number of hydrogen-bond acceptors (Lipinski definition) is 6. The van der Waals surface area contributed by atoms with Crippen molar-refractivity contribution < 1.29 is 23.2 Å². The van der Waals surface area contributed by atoms with Crippen molar-refractivity contribution >= 4 is 28.6 Å². The molecule has 0 unspecified atom stereocenters. The molecule has 0 fully saturated rings. The lowest BCUT2D eigenvalue weighted by Gasteiger charge is -2.15. The van der Waals surface area contributed by atoms with E-state index in [0.717, 1.165) is 0 Å². The number of halogens is 1. The smallest absolute Gasteiger partial charge is 0.422 e. The molecule has 0 saturated heterocycles. The number of carbonyl (C=O) groups excluding carboxylic acids is 2. The summed E-state index contributed by atoms with van der Waals surface area (Å²) in [6.07, 6.45) is -0.745. The zero-order valence-electron chi connectivity index (χ0n) is 17.1. The highest BCUT2D eigenvalue weighted by Crippen LogP contribution is 2.19. The average molecular weight is 424 g/mol. The van der Waals surface area contributed by atoms with Crippen LogP contribution < -0.4 is 5.63 Å². The highest BCUT2D eigenvalue weighted by atomic mass is 19.1. The van der Waals surface area contributed by atoms with Crippen LogP contribution in [0.25, 0.3) is 11.0 Å². The molecule has 0 atom stereocenters. The van der Waals surface area contributed by atoms with Crippen LogP contribution in [0.4, 0.5) is 9.18 Å². The van der Waals surface area contributed by atoms with Gasteiger partial charge in [0.05, 0.1) is 5.56 Å². The van der Waals surface area contributed by atoms with E-state index in [4.69, 9.17) is 9.25 Å². The van der Waals surface area contributed by atoms with Crippen LogP contribution in [0.2, 0.25) is 0 Å². The first kappa shape index (κ1) is 21.9. The summed E-state index contributed by atoms with van der Waals surface area (Å²) in [6.45, 7) is 3.20. The Hall–Kier alpha value is -3.81. The fraction of sp³-hybridized carbons (Fsp3) is 0.217. The molecule has 0 spiro atoms. The Bertz CT molecular complexity index is 1180. The number of hydrogen-bond donors (Lipinski definition) is 0. The van der Waals surface area contributed by atoms with Crippen LogP contribution in [0.3, 0.4) is 0 Å². The highest BCUT2D eigenvalue weighted by molar-refractivity contribution is 6.10. The van der Waals surface area contributed by atoms with E-state index in [9.17, 15) is 18.8 Å². The number of rotatable bonds is 7. The van der Waals surface area contributed by atoms with Gasteiger partial charge in [-0.25, -0.2) is 14.0 Å². The summed E-state index contributed by atoms with van der Waals surface area (Å²) >= 11 is 0. The highest BCUT2D eigenvalue weighted by Gasteiger charge is 2.17. The Labute approximate surface area is 177 Å². The third-order valence-corrected chi connectivity index (χ3v) is 4.73. The van der Waals surface area contributed by atoms with Crippen LogP contribution >= 0.6 is 0 Å². The monoisotopic (exact) mass is 424 g/mol. The minimum absolute atomic E-state index is 0.163. The van der Waals surface area contributed by atoms with Crippen LogP contribution in [0, 0.1) is 0 Å². The van der Waals surface area contributed by atoms with E-state index in [0.29, 0.717) is 29.6 Å². The Balaban J connectivity index is 1.93. The molecule has 31 heavy (non-hydrogen) atoms. The molecule has 0 N–H and O–H groups in total. The average Bonchev–Trinajstić information content (AvgIpc) is 2.80. The number of fused-ring (bicyclic) bond motifs is 1. The maximum Gasteiger partial charge on any atom is 0.435 e. The molecule has 3 rings (SSSR count). The number of ketones is 1. The summed E-state index contributed by atoms with van der Waals surface area (Å²) in [5.74, 6) is -0.219. The van der Waals surface area contributed by atoms with Gasteiger partial charge >= 0.3 is 11.7 Å². The first-order valence-electron chi connectivity index (χ1n) is 9.75. The molecule has 0 aliphatic heterocycles. The predicted octanol–water partition coefficient (Wildman–Crippen LogP) is 4.18. The fourth-order valence-corrected chi connectivity index (χ4v) is 2.99. The van der Waals surface area contributed by atoms with Crippen molar-refractivity contribution in [3.63, 3.8) is 0 Å². The van der Waals surface area contributed by atoms with E-state index in [1.165, 1.54) is 17.0 Å². The van der Waals surface area contributed by atoms with Gasteiger partial charge in [0.15, 0.2) is 5.78 Å². The van der Waals surface area contributed by atoms with Crippen molar-refractivity contribution in [2.45, 2.75) is 13.8 Å². The van der Waals surface area contributed by atoms with Gasteiger partial charge in [0.1, 0.15) is 18.0 Å². The molecule has 0 aliphatic carbocycles. The lowest BCUT2D eigenvalue weighted by atomic mass is 10.0. The molecular formula is C23H21FN2O5. The molecule has 2 aromatic carbocycles. The molecule has 1 amide bonds. The lowest BCUT2D eigenvalue weighted by Crippen LogP contribution is -2.30. The molecular weight excluding hydrogens is 403 g/mol. The quantitative estimate of drug-likeness (QED) is 0.187. The van der Waals surface area contributed by atoms with Gasteiger partial charge in [0.2, 0.25) is 0 Å². The number of nitrogens with zero attached hydrogens (tertiary/aromatic N) is 2. The topological polar surface area (TPSA) is 89.2 Å².